The van der Waals surface area contributed by atoms with Crippen molar-refractivity contribution in [2.24, 2.45) is 0 Å². The van der Waals surface area contributed by atoms with Crippen LogP contribution < -0.4 is 15.5 Å². The number of hydrogen-bond acceptors (Lipinski definition) is 3. The van der Waals surface area contributed by atoms with Gasteiger partial charge < -0.3 is 14.2 Å². The monoisotopic (exact) mass is 443 g/mol. The predicted molar refractivity (Wildman–Crippen MR) is 140 cm³/mol. The van der Waals surface area contributed by atoms with E-state index in [4.69, 9.17) is 9.31 Å². The second-order valence-corrected chi connectivity index (χ2v) is 15.7. The molecule has 0 spiro atoms. The van der Waals surface area contributed by atoms with Crippen molar-refractivity contribution in [1.82, 2.24) is 0 Å². The van der Waals surface area contributed by atoms with E-state index >= 15 is 0 Å². The highest BCUT2D eigenvalue weighted by atomic mass is 28.3. The van der Waals surface area contributed by atoms with E-state index in [1.807, 2.05) is 0 Å². The maximum absolute atomic E-state index is 6.23. The summed E-state index contributed by atoms with van der Waals surface area (Å²) in [5, 5.41) is 1.46. The summed E-state index contributed by atoms with van der Waals surface area (Å²) in [4.78, 5) is 2.29. The summed E-state index contributed by atoms with van der Waals surface area (Å²) in [6.45, 7) is 15.5. The summed E-state index contributed by atoms with van der Waals surface area (Å²) in [5.41, 5.74) is 3.75. The van der Waals surface area contributed by atoms with Crippen molar-refractivity contribution in [3.63, 3.8) is 0 Å². The molecule has 3 aromatic rings. The molecule has 0 saturated carbocycles. The second-order valence-electron chi connectivity index (χ2n) is 10.6. The molecule has 0 atom stereocenters. The molecule has 0 bridgehead atoms. The molecule has 166 valence electrons. The molecular weight excluding hydrogens is 409 g/mol. The lowest BCUT2D eigenvalue weighted by atomic mass is 9.79. The topological polar surface area (TPSA) is 21.7 Å². The first kappa shape index (κ1) is 22.8. The van der Waals surface area contributed by atoms with E-state index in [2.05, 4.69) is 131 Å². The van der Waals surface area contributed by atoms with Gasteiger partial charge in [0, 0.05) is 17.1 Å². The van der Waals surface area contributed by atoms with Crippen LogP contribution in [0.15, 0.2) is 78.9 Å². The molecule has 1 saturated heterocycles. The Morgan fingerprint density at radius 2 is 1.06 bits per heavy atom. The Labute approximate surface area is 194 Å². The van der Waals surface area contributed by atoms with Crippen molar-refractivity contribution in [2.45, 2.75) is 58.5 Å². The number of hydrogen-bond donors (Lipinski definition) is 0. The van der Waals surface area contributed by atoms with E-state index in [0.717, 1.165) is 22.5 Å². The van der Waals surface area contributed by atoms with Gasteiger partial charge in [0.2, 0.25) is 0 Å². The molecule has 0 N–H and O–H groups in total. The molecule has 1 fully saturated rings. The van der Waals surface area contributed by atoms with Crippen molar-refractivity contribution >= 4 is 42.9 Å². The highest BCUT2D eigenvalue weighted by molar-refractivity contribution is 6.88. The number of nitrogens with zero attached hydrogens (tertiary/aromatic N) is 1. The van der Waals surface area contributed by atoms with Gasteiger partial charge in [-0.2, -0.15) is 0 Å². The predicted octanol–water partition coefficient (Wildman–Crippen LogP) is 6.00. The normalized spacial score (nSPS) is 17.4. The first-order valence-corrected chi connectivity index (χ1v) is 14.9. The molecule has 3 aromatic carbocycles. The smallest absolute Gasteiger partial charge is 0.399 e. The SMILES string of the molecule is CC1(C)OB(c2ccc(N(c3ccccc3)c3ccc([Si](C)(C)C)cc3)cc2)OC1(C)C. The van der Waals surface area contributed by atoms with Crippen molar-refractivity contribution in [3.8, 4) is 0 Å². The zero-order valence-corrected chi connectivity index (χ0v) is 21.3. The fourth-order valence-corrected chi connectivity index (χ4v) is 5.06. The summed E-state index contributed by atoms with van der Waals surface area (Å²) < 4.78 is 12.5. The fourth-order valence-electron chi connectivity index (χ4n) is 3.89. The lowest BCUT2D eigenvalue weighted by molar-refractivity contribution is 0.00578. The Hall–Kier alpha value is -2.34. The van der Waals surface area contributed by atoms with Gasteiger partial charge in [0.05, 0.1) is 19.3 Å². The largest absolute Gasteiger partial charge is 0.494 e. The Bertz CT molecular complexity index is 1040. The lowest BCUT2D eigenvalue weighted by Gasteiger charge is -2.32. The third kappa shape index (κ3) is 4.42. The maximum atomic E-state index is 6.23. The Balaban J connectivity index is 1.67. The average Bonchev–Trinajstić information content (AvgIpc) is 2.96. The third-order valence-electron chi connectivity index (χ3n) is 6.68. The van der Waals surface area contributed by atoms with Crippen LogP contribution in [-0.2, 0) is 9.31 Å². The summed E-state index contributed by atoms with van der Waals surface area (Å²) in [6, 6.07) is 28.1. The maximum Gasteiger partial charge on any atom is 0.494 e. The standard InChI is InChI=1S/C27H34BNO2Si/c1-26(2)27(3,4)31-28(30-26)21-13-15-23(16-14-21)29(22-11-9-8-10-12-22)24-17-19-25(20-18-24)32(5,6)7/h8-20H,1-7H3. The van der Waals surface area contributed by atoms with E-state index in [0.29, 0.717) is 0 Å². The molecular formula is C27H34BNO2Si. The van der Waals surface area contributed by atoms with Crippen LogP contribution in [0.25, 0.3) is 0 Å². The molecule has 32 heavy (non-hydrogen) atoms. The highest BCUT2D eigenvalue weighted by Gasteiger charge is 2.51. The molecule has 4 rings (SSSR count). The van der Waals surface area contributed by atoms with Gasteiger partial charge in [-0.15, -0.1) is 0 Å². The van der Waals surface area contributed by atoms with E-state index < -0.39 is 8.07 Å². The molecule has 0 unspecified atom stereocenters. The van der Waals surface area contributed by atoms with E-state index in [-0.39, 0.29) is 18.3 Å². The molecule has 1 heterocycles. The molecule has 0 aromatic heterocycles. The zero-order valence-electron chi connectivity index (χ0n) is 20.3. The average molecular weight is 443 g/mol. The molecule has 5 heteroatoms. The highest BCUT2D eigenvalue weighted by Crippen LogP contribution is 2.37. The van der Waals surface area contributed by atoms with Crippen molar-refractivity contribution in [2.75, 3.05) is 4.90 Å². The molecule has 0 radical (unpaired) electrons. The second kappa shape index (κ2) is 8.22. The van der Waals surface area contributed by atoms with Crippen LogP contribution in [0.2, 0.25) is 19.6 Å². The van der Waals surface area contributed by atoms with Gasteiger partial charge >= 0.3 is 7.12 Å². The number of anilines is 3. The van der Waals surface area contributed by atoms with Crippen LogP contribution in [0.4, 0.5) is 17.1 Å². The molecule has 0 aliphatic carbocycles. The summed E-state index contributed by atoms with van der Waals surface area (Å²) in [6.07, 6.45) is 0. The van der Waals surface area contributed by atoms with E-state index in [1.165, 1.54) is 5.19 Å². The van der Waals surface area contributed by atoms with Crippen molar-refractivity contribution in [1.29, 1.82) is 0 Å². The van der Waals surface area contributed by atoms with Gasteiger partial charge in [-0.3, -0.25) is 0 Å². The number of benzene rings is 3. The van der Waals surface area contributed by atoms with Crippen LogP contribution in [0.1, 0.15) is 27.7 Å². The van der Waals surface area contributed by atoms with Gasteiger partial charge in [-0.05, 0) is 69.6 Å². The molecule has 1 aliphatic rings. The van der Waals surface area contributed by atoms with E-state index in [9.17, 15) is 0 Å². The van der Waals surface area contributed by atoms with Gasteiger partial charge in [-0.25, -0.2) is 0 Å². The Morgan fingerprint density at radius 3 is 1.53 bits per heavy atom. The summed E-state index contributed by atoms with van der Waals surface area (Å²) in [5.74, 6) is 0. The Kier molecular flexibility index (Phi) is 5.87. The first-order chi connectivity index (χ1) is 15.0. The minimum Gasteiger partial charge on any atom is -0.399 e. The minimum absolute atomic E-state index is 0.343. The number of para-hydroxylation sites is 1. The molecule has 3 nitrogen and oxygen atoms in total. The third-order valence-corrected chi connectivity index (χ3v) is 8.75. The summed E-state index contributed by atoms with van der Waals surface area (Å²) in [7, 11) is -1.69. The van der Waals surface area contributed by atoms with Crippen molar-refractivity contribution < 1.29 is 9.31 Å². The molecule has 1 aliphatic heterocycles. The minimum atomic E-state index is -1.34. The van der Waals surface area contributed by atoms with Crippen LogP contribution in [0.5, 0.6) is 0 Å². The fraction of sp³-hybridized carbons (Fsp3) is 0.333. The van der Waals surface area contributed by atoms with E-state index in [1.54, 1.807) is 0 Å². The van der Waals surface area contributed by atoms with Crippen LogP contribution >= 0.6 is 0 Å². The molecule has 0 amide bonds. The lowest BCUT2D eigenvalue weighted by Crippen LogP contribution is -2.41. The summed E-state index contributed by atoms with van der Waals surface area (Å²) >= 11 is 0. The Morgan fingerprint density at radius 1 is 0.625 bits per heavy atom. The van der Waals surface area contributed by atoms with Crippen LogP contribution in [-0.4, -0.2) is 26.4 Å². The number of rotatable bonds is 5. The zero-order chi connectivity index (χ0) is 23.1. The van der Waals surface area contributed by atoms with Crippen molar-refractivity contribution in [3.05, 3.63) is 78.9 Å². The van der Waals surface area contributed by atoms with Gasteiger partial charge in [0.15, 0.2) is 0 Å². The van der Waals surface area contributed by atoms with Crippen LogP contribution in [0, 0.1) is 0 Å². The van der Waals surface area contributed by atoms with Gasteiger partial charge in [0.25, 0.3) is 0 Å². The van der Waals surface area contributed by atoms with Gasteiger partial charge in [0.1, 0.15) is 0 Å². The van der Waals surface area contributed by atoms with Gasteiger partial charge in [-0.1, -0.05) is 67.3 Å². The first-order valence-electron chi connectivity index (χ1n) is 11.4. The van der Waals surface area contributed by atoms with Crippen LogP contribution in [0.3, 0.4) is 0 Å². The quantitative estimate of drug-likeness (QED) is 0.452.